The lowest BCUT2D eigenvalue weighted by atomic mass is 10.1. The van der Waals surface area contributed by atoms with Crippen molar-refractivity contribution in [3.63, 3.8) is 0 Å². The van der Waals surface area contributed by atoms with Crippen LogP contribution in [-0.2, 0) is 11.2 Å². The van der Waals surface area contributed by atoms with E-state index < -0.39 is 5.97 Å². The van der Waals surface area contributed by atoms with Gasteiger partial charge in [0.25, 0.3) is 0 Å². The van der Waals surface area contributed by atoms with E-state index in [1.165, 1.54) is 12.1 Å². The van der Waals surface area contributed by atoms with Crippen LogP contribution in [0, 0.1) is 0 Å². The molecule has 5 nitrogen and oxygen atoms in total. The average molecular weight is 182 g/mol. The van der Waals surface area contributed by atoms with Crippen LogP contribution in [-0.4, -0.2) is 16.2 Å². The number of carbonyl (C=O) groups is 1. The zero-order chi connectivity index (χ0) is 10.0. The van der Waals surface area contributed by atoms with Gasteiger partial charge < -0.3 is 21.7 Å². The zero-order valence-electron chi connectivity index (χ0n) is 6.82. The number of aromatic hydroxyl groups is 1. The number of hydrogen-bond acceptors (Lipinski definition) is 4. The van der Waals surface area contributed by atoms with E-state index in [-0.39, 0.29) is 29.1 Å². The maximum atomic E-state index is 10.3. The molecule has 0 saturated carbocycles. The Morgan fingerprint density at radius 3 is 2.54 bits per heavy atom. The van der Waals surface area contributed by atoms with Gasteiger partial charge in [-0.2, -0.15) is 0 Å². The highest BCUT2D eigenvalue weighted by Crippen LogP contribution is 2.30. The lowest BCUT2D eigenvalue weighted by molar-refractivity contribution is -0.136. The highest BCUT2D eigenvalue weighted by Gasteiger charge is 2.10. The van der Waals surface area contributed by atoms with Gasteiger partial charge in [0, 0.05) is 5.56 Å². The molecule has 1 aromatic rings. The number of aliphatic carboxylic acids is 1. The highest BCUT2D eigenvalue weighted by atomic mass is 16.4. The summed E-state index contributed by atoms with van der Waals surface area (Å²) in [6, 6.07) is 2.91. The predicted octanol–water partition coefficient (Wildman–Crippen LogP) is 0.184. The van der Waals surface area contributed by atoms with Gasteiger partial charge in [0.05, 0.1) is 17.8 Å². The standard InChI is InChI=1S/C8H10N2O3/c9-5-2-1-4(3-6(11)12)8(13)7(5)10/h1-2,13H,3,9-10H2,(H,11,12). The molecule has 0 aromatic heterocycles. The van der Waals surface area contributed by atoms with Crippen molar-refractivity contribution in [2.75, 3.05) is 11.5 Å². The van der Waals surface area contributed by atoms with Crippen molar-refractivity contribution in [2.45, 2.75) is 6.42 Å². The number of hydrogen-bond donors (Lipinski definition) is 4. The van der Waals surface area contributed by atoms with E-state index in [4.69, 9.17) is 16.6 Å². The van der Waals surface area contributed by atoms with Gasteiger partial charge >= 0.3 is 5.97 Å². The molecule has 0 unspecified atom stereocenters. The van der Waals surface area contributed by atoms with Crippen LogP contribution in [0.15, 0.2) is 12.1 Å². The van der Waals surface area contributed by atoms with E-state index in [0.29, 0.717) is 0 Å². The highest BCUT2D eigenvalue weighted by molar-refractivity contribution is 5.77. The van der Waals surface area contributed by atoms with Crippen LogP contribution in [0.1, 0.15) is 5.56 Å². The number of carboxylic acid groups (broad SMARTS) is 1. The molecule has 0 atom stereocenters. The summed E-state index contributed by atoms with van der Waals surface area (Å²) in [4.78, 5) is 10.3. The van der Waals surface area contributed by atoms with Crippen molar-refractivity contribution < 1.29 is 15.0 Å². The molecular formula is C8H10N2O3. The molecule has 0 fully saturated rings. The van der Waals surface area contributed by atoms with E-state index in [1.54, 1.807) is 0 Å². The molecule has 0 saturated heterocycles. The number of phenolic OH excluding ortho intramolecular Hbond substituents is 1. The summed E-state index contributed by atoms with van der Waals surface area (Å²) in [6.07, 6.45) is -0.268. The molecular weight excluding hydrogens is 172 g/mol. The SMILES string of the molecule is Nc1ccc(CC(=O)O)c(O)c1N. The first-order valence-electron chi connectivity index (χ1n) is 3.60. The molecule has 0 bridgehead atoms. The van der Waals surface area contributed by atoms with Crippen LogP contribution in [0.3, 0.4) is 0 Å². The fraction of sp³-hybridized carbons (Fsp3) is 0.125. The fourth-order valence-corrected chi connectivity index (χ4v) is 0.974. The molecule has 1 aromatic carbocycles. The van der Waals surface area contributed by atoms with Crippen LogP contribution >= 0.6 is 0 Å². The molecule has 6 N–H and O–H groups in total. The first-order chi connectivity index (χ1) is 6.02. The summed E-state index contributed by atoms with van der Waals surface area (Å²) in [5, 5.41) is 17.8. The molecule has 1 rings (SSSR count). The third kappa shape index (κ3) is 1.81. The maximum Gasteiger partial charge on any atom is 0.307 e. The molecule has 0 aliphatic rings. The summed E-state index contributed by atoms with van der Waals surface area (Å²) in [5.41, 5.74) is 11.3. The Morgan fingerprint density at radius 1 is 1.38 bits per heavy atom. The number of phenols is 1. The van der Waals surface area contributed by atoms with Crippen LogP contribution in [0.5, 0.6) is 5.75 Å². The monoisotopic (exact) mass is 182 g/mol. The van der Waals surface area contributed by atoms with Gasteiger partial charge in [-0.05, 0) is 6.07 Å². The summed E-state index contributed by atoms with van der Waals surface area (Å²) in [7, 11) is 0. The fourth-order valence-electron chi connectivity index (χ4n) is 0.974. The Bertz CT molecular complexity index is 349. The molecule has 13 heavy (non-hydrogen) atoms. The van der Waals surface area contributed by atoms with E-state index >= 15 is 0 Å². The number of carboxylic acids is 1. The number of nitrogens with two attached hydrogens (primary N) is 2. The molecule has 0 amide bonds. The minimum Gasteiger partial charge on any atom is -0.505 e. The van der Waals surface area contributed by atoms with Crippen molar-refractivity contribution in [1.82, 2.24) is 0 Å². The third-order valence-electron chi connectivity index (χ3n) is 1.68. The van der Waals surface area contributed by atoms with Crippen molar-refractivity contribution in [3.05, 3.63) is 17.7 Å². The first kappa shape index (κ1) is 9.18. The topological polar surface area (TPSA) is 110 Å². The van der Waals surface area contributed by atoms with Crippen molar-refractivity contribution in [2.24, 2.45) is 0 Å². The number of nitrogen functional groups attached to an aromatic ring is 2. The number of benzene rings is 1. The van der Waals surface area contributed by atoms with Gasteiger partial charge in [-0.3, -0.25) is 4.79 Å². The molecule has 0 spiro atoms. The minimum atomic E-state index is -1.03. The molecule has 0 aliphatic carbocycles. The largest absolute Gasteiger partial charge is 0.505 e. The lowest BCUT2D eigenvalue weighted by Gasteiger charge is -2.06. The Balaban J connectivity index is 3.10. The van der Waals surface area contributed by atoms with E-state index in [2.05, 4.69) is 0 Å². The summed E-state index contributed by atoms with van der Waals surface area (Å²) in [5.74, 6) is -1.28. The second-order valence-electron chi connectivity index (χ2n) is 2.65. The maximum absolute atomic E-state index is 10.3. The van der Waals surface area contributed by atoms with Crippen molar-refractivity contribution >= 4 is 17.3 Å². The Labute approximate surface area is 74.6 Å². The van der Waals surface area contributed by atoms with Crippen LogP contribution in [0.4, 0.5) is 11.4 Å². The molecule has 0 heterocycles. The van der Waals surface area contributed by atoms with E-state index in [0.717, 1.165) is 0 Å². The molecule has 0 radical (unpaired) electrons. The van der Waals surface area contributed by atoms with Gasteiger partial charge in [-0.15, -0.1) is 0 Å². The Morgan fingerprint density at radius 2 is 2.00 bits per heavy atom. The normalized spacial score (nSPS) is 9.85. The lowest BCUT2D eigenvalue weighted by Crippen LogP contribution is -2.03. The second kappa shape index (κ2) is 3.22. The minimum absolute atomic E-state index is 0.0266. The summed E-state index contributed by atoms with van der Waals surface area (Å²) < 4.78 is 0. The molecule has 70 valence electrons. The quantitative estimate of drug-likeness (QED) is 0.385. The van der Waals surface area contributed by atoms with Gasteiger partial charge in [0.2, 0.25) is 0 Å². The third-order valence-corrected chi connectivity index (χ3v) is 1.68. The van der Waals surface area contributed by atoms with Gasteiger partial charge in [0.15, 0.2) is 0 Å². The van der Waals surface area contributed by atoms with Crippen LogP contribution in [0.2, 0.25) is 0 Å². The van der Waals surface area contributed by atoms with Crippen LogP contribution < -0.4 is 11.5 Å². The Kier molecular flexibility index (Phi) is 2.27. The summed E-state index contributed by atoms with van der Waals surface area (Å²) in [6.45, 7) is 0. The summed E-state index contributed by atoms with van der Waals surface area (Å²) >= 11 is 0. The van der Waals surface area contributed by atoms with E-state index in [1.807, 2.05) is 0 Å². The van der Waals surface area contributed by atoms with Crippen molar-refractivity contribution in [1.29, 1.82) is 0 Å². The number of anilines is 2. The average Bonchev–Trinajstić information content (AvgIpc) is 2.06. The Hall–Kier alpha value is -1.91. The number of rotatable bonds is 2. The molecule has 0 aliphatic heterocycles. The van der Waals surface area contributed by atoms with Gasteiger partial charge in [-0.1, -0.05) is 6.07 Å². The zero-order valence-corrected chi connectivity index (χ0v) is 6.82. The van der Waals surface area contributed by atoms with E-state index in [9.17, 15) is 9.90 Å². The first-order valence-corrected chi connectivity index (χ1v) is 3.60. The smallest absolute Gasteiger partial charge is 0.307 e. The van der Waals surface area contributed by atoms with Gasteiger partial charge in [-0.25, -0.2) is 0 Å². The predicted molar refractivity (Wildman–Crippen MR) is 48.3 cm³/mol. The van der Waals surface area contributed by atoms with Crippen molar-refractivity contribution in [3.8, 4) is 5.75 Å². The van der Waals surface area contributed by atoms with Gasteiger partial charge in [0.1, 0.15) is 5.75 Å². The van der Waals surface area contributed by atoms with Crippen LogP contribution in [0.25, 0.3) is 0 Å². The second-order valence-corrected chi connectivity index (χ2v) is 2.65. The molecule has 5 heteroatoms.